The van der Waals surface area contributed by atoms with Crippen molar-refractivity contribution in [2.75, 3.05) is 38.5 Å². The summed E-state index contributed by atoms with van der Waals surface area (Å²) in [5.74, 6) is 0.984. The molecular formula is C18H29N3O. The Bertz CT molecular complexity index is 473. The first-order valence-corrected chi connectivity index (χ1v) is 8.34. The number of carbonyl (C=O) groups is 1. The van der Waals surface area contributed by atoms with Crippen molar-refractivity contribution in [1.29, 1.82) is 0 Å². The molecule has 122 valence electrons. The summed E-state index contributed by atoms with van der Waals surface area (Å²) < 4.78 is 0. The molecule has 4 nitrogen and oxygen atoms in total. The van der Waals surface area contributed by atoms with E-state index in [1.165, 1.54) is 17.5 Å². The number of aryl methyl sites for hydroxylation is 2. The second kappa shape index (κ2) is 8.18. The second-order valence-corrected chi connectivity index (χ2v) is 6.34. The topological polar surface area (TPSA) is 44.4 Å². The number of nitrogens with zero attached hydrogens (tertiary/aromatic N) is 1. The fourth-order valence-electron chi connectivity index (χ4n) is 3.19. The first-order valence-electron chi connectivity index (χ1n) is 8.34. The van der Waals surface area contributed by atoms with Crippen LogP contribution in [0.4, 0.5) is 5.69 Å². The predicted octanol–water partition coefficient (Wildman–Crippen LogP) is 2.56. The summed E-state index contributed by atoms with van der Waals surface area (Å²) in [5.41, 5.74) is 3.48. The van der Waals surface area contributed by atoms with Gasteiger partial charge in [0.2, 0.25) is 5.91 Å². The van der Waals surface area contributed by atoms with E-state index in [2.05, 4.69) is 36.6 Å². The normalized spacial score (nSPS) is 15.9. The summed E-state index contributed by atoms with van der Waals surface area (Å²) >= 11 is 0. The van der Waals surface area contributed by atoms with E-state index in [9.17, 15) is 4.79 Å². The van der Waals surface area contributed by atoms with E-state index in [0.717, 1.165) is 44.1 Å². The van der Waals surface area contributed by atoms with Gasteiger partial charge in [-0.3, -0.25) is 4.79 Å². The van der Waals surface area contributed by atoms with Gasteiger partial charge in [0, 0.05) is 18.8 Å². The third-order valence-electron chi connectivity index (χ3n) is 4.67. The Kier molecular flexibility index (Phi) is 6.25. The summed E-state index contributed by atoms with van der Waals surface area (Å²) in [6.07, 6.45) is 3.49. The van der Waals surface area contributed by atoms with Crippen LogP contribution in [0.5, 0.6) is 0 Å². The van der Waals surface area contributed by atoms with Crippen molar-refractivity contribution in [3.8, 4) is 0 Å². The van der Waals surface area contributed by atoms with Gasteiger partial charge in [-0.15, -0.1) is 0 Å². The molecule has 1 amide bonds. The molecule has 2 rings (SSSR count). The molecule has 0 bridgehead atoms. The van der Waals surface area contributed by atoms with Crippen LogP contribution in [0.3, 0.4) is 0 Å². The van der Waals surface area contributed by atoms with Crippen LogP contribution < -0.4 is 10.6 Å². The number of hydrogen-bond donors (Lipinski definition) is 2. The van der Waals surface area contributed by atoms with Gasteiger partial charge < -0.3 is 15.5 Å². The standard InChI is InChI=1S/C18H29N3O/c1-14-5-4-6-15(2)18(14)20-13-17(22)21-11-8-16(9-12-21)7-10-19-3/h4-6,16,19-20H,7-13H2,1-3H3. The number of para-hydroxylation sites is 1. The largest absolute Gasteiger partial charge is 0.376 e. The molecule has 0 saturated carbocycles. The molecule has 1 aromatic rings. The predicted molar refractivity (Wildman–Crippen MR) is 92.3 cm³/mol. The van der Waals surface area contributed by atoms with Crippen molar-refractivity contribution in [3.05, 3.63) is 29.3 Å². The minimum atomic E-state index is 0.217. The molecule has 4 heteroatoms. The zero-order chi connectivity index (χ0) is 15.9. The van der Waals surface area contributed by atoms with Crippen LogP contribution >= 0.6 is 0 Å². The quantitative estimate of drug-likeness (QED) is 0.849. The summed E-state index contributed by atoms with van der Waals surface area (Å²) in [6.45, 7) is 7.43. The fourth-order valence-corrected chi connectivity index (χ4v) is 3.19. The highest BCUT2D eigenvalue weighted by molar-refractivity contribution is 5.81. The van der Waals surface area contributed by atoms with Gasteiger partial charge in [0.25, 0.3) is 0 Å². The lowest BCUT2D eigenvalue weighted by Crippen LogP contribution is -2.41. The van der Waals surface area contributed by atoms with Crippen molar-refractivity contribution in [3.63, 3.8) is 0 Å². The van der Waals surface area contributed by atoms with Crippen LogP contribution in [0.25, 0.3) is 0 Å². The number of likely N-dealkylation sites (tertiary alicyclic amines) is 1. The van der Waals surface area contributed by atoms with E-state index in [4.69, 9.17) is 0 Å². The zero-order valence-corrected chi connectivity index (χ0v) is 14.1. The van der Waals surface area contributed by atoms with Crippen LogP contribution in [0.2, 0.25) is 0 Å². The van der Waals surface area contributed by atoms with E-state index in [0.29, 0.717) is 6.54 Å². The first-order chi connectivity index (χ1) is 10.6. The summed E-state index contributed by atoms with van der Waals surface area (Å²) in [5, 5.41) is 6.53. The monoisotopic (exact) mass is 303 g/mol. The highest BCUT2D eigenvalue weighted by atomic mass is 16.2. The first kappa shape index (κ1) is 16.8. The van der Waals surface area contributed by atoms with Gasteiger partial charge in [-0.1, -0.05) is 18.2 Å². The molecule has 1 saturated heterocycles. The van der Waals surface area contributed by atoms with E-state index in [-0.39, 0.29) is 5.91 Å². The van der Waals surface area contributed by atoms with E-state index in [1.807, 2.05) is 18.0 Å². The van der Waals surface area contributed by atoms with Crippen molar-refractivity contribution >= 4 is 11.6 Å². The van der Waals surface area contributed by atoms with E-state index >= 15 is 0 Å². The molecule has 0 aromatic heterocycles. The van der Waals surface area contributed by atoms with Gasteiger partial charge in [0.05, 0.1) is 6.54 Å². The number of rotatable bonds is 6. The highest BCUT2D eigenvalue weighted by Gasteiger charge is 2.22. The maximum absolute atomic E-state index is 12.4. The molecule has 1 heterocycles. The van der Waals surface area contributed by atoms with Crippen LogP contribution in [-0.2, 0) is 4.79 Å². The summed E-state index contributed by atoms with van der Waals surface area (Å²) in [4.78, 5) is 14.4. The van der Waals surface area contributed by atoms with Gasteiger partial charge in [-0.25, -0.2) is 0 Å². The van der Waals surface area contributed by atoms with Crippen molar-refractivity contribution in [2.24, 2.45) is 5.92 Å². The van der Waals surface area contributed by atoms with Crippen LogP contribution in [-0.4, -0.2) is 44.0 Å². The van der Waals surface area contributed by atoms with Gasteiger partial charge in [0.15, 0.2) is 0 Å². The molecular weight excluding hydrogens is 274 g/mol. The zero-order valence-electron chi connectivity index (χ0n) is 14.1. The Morgan fingerprint density at radius 2 is 1.86 bits per heavy atom. The van der Waals surface area contributed by atoms with Gasteiger partial charge in [0.1, 0.15) is 0 Å². The number of amides is 1. The minimum absolute atomic E-state index is 0.217. The Balaban J connectivity index is 1.79. The van der Waals surface area contributed by atoms with Crippen molar-refractivity contribution in [2.45, 2.75) is 33.1 Å². The summed E-state index contributed by atoms with van der Waals surface area (Å²) in [7, 11) is 2.00. The Morgan fingerprint density at radius 1 is 1.23 bits per heavy atom. The lowest BCUT2D eigenvalue weighted by atomic mass is 9.93. The lowest BCUT2D eigenvalue weighted by molar-refractivity contribution is -0.130. The molecule has 0 aliphatic carbocycles. The summed E-state index contributed by atoms with van der Waals surface area (Å²) in [6, 6.07) is 6.20. The average molecular weight is 303 g/mol. The Labute approximate surface area is 134 Å². The number of carbonyl (C=O) groups excluding carboxylic acids is 1. The number of benzene rings is 1. The highest BCUT2D eigenvalue weighted by Crippen LogP contribution is 2.21. The van der Waals surface area contributed by atoms with Crippen LogP contribution in [0, 0.1) is 19.8 Å². The number of hydrogen-bond acceptors (Lipinski definition) is 3. The lowest BCUT2D eigenvalue weighted by Gasteiger charge is -2.32. The fraction of sp³-hybridized carbons (Fsp3) is 0.611. The molecule has 0 unspecified atom stereocenters. The van der Waals surface area contributed by atoms with Crippen molar-refractivity contribution in [1.82, 2.24) is 10.2 Å². The Morgan fingerprint density at radius 3 is 2.45 bits per heavy atom. The third kappa shape index (κ3) is 4.47. The Hall–Kier alpha value is -1.55. The molecule has 2 N–H and O–H groups in total. The molecule has 1 aliphatic rings. The number of piperidine rings is 1. The van der Waals surface area contributed by atoms with E-state index in [1.54, 1.807) is 0 Å². The molecule has 1 fully saturated rings. The third-order valence-corrected chi connectivity index (χ3v) is 4.67. The van der Waals surface area contributed by atoms with Crippen LogP contribution in [0.1, 0.15) is 30.4 Å². The van der Waals surface area contributed by atoms with Gasteiger partial charge >= 0.3 is 0 Å². The van der Waals surface area contributed by atoms with Crippen molar-refractivity contribution < 1.29 is 4.79 Å². The molecule has 1 aliphatic heterocycles. The number of nitrogens with one attached hydrogen (secondary N) is 2. The maximum atomic E-state index is 12.4. The van der Waals surface area contributed by atoms with Gasteiger partial charge in [-0.2, -0.15) is 0 Å². The molecule has 0 atom stereocenters. The molecule has 0 spiro atoms. The van der Waals surface area contributed by atoms with Crippen LogP contribution in [0.15, 0.2) is 18.2 Å². The second-order valence-electron chi connectivity index (χ2n) is 6.34. The maximum Gasteiger partial charge on any atom is 0.241 e. The molecule has 1 aromatic carbocycles. The molecule has 22 heavy (non-hydrogen) atoms. The average Bonchev–Trinajstić information content (AvgIpc) is 2.52. The molecule has 0 radical (unpaired) electrons. The smallest absolute Gasteiger partial charge is 0.241 e. The van der Waals surface area contributed by atoms with Gasteiger partial charge in [-0.05, 0) is 63.7 Å². The number of anilines is 1. The van der Waals surface area contributed by atoms with E-state index < -0.39 is 0 Å². The minimum Gasteiger partial charge on any atom is -0.376 e. The SMILES string of the molecule is CNCCC1CCN(C(=O)CNc2c(C)cccc2C)CC1.